The Labute approximate surface area is 151 Å². The standard InChI is InChI=1S/C16H21N9O/c1-10-21-22-23-25(10)12-8-11(6-7-14(12)26-5)19-16-18-9-13(24(3)4)15(17-2)20-16/h6-9H,1-5H3,(H2,17,18,19,20). The van der Waals surface area contributed by atoms with Crippen LogP contribution in [0.3, 0.4) is 0 Å². The summed E-state index contributed by atoms with van der Waals surface area (Å²) in [5.74, 6) is 2.53. The highest BCUT2D eigenvalue weighted by Crippen LogP contribution is 2.28. The Kier molecular flexibility index (Phi) is 4.83. The van der Waals surface area contributed by atoms with Crippen LogP contribution in [0.2, 0.25) is 0 Å². The van der Waals surface area contributed by atoms with Gasteiger partial charge >= 0.3 is 0 Å². The monoisotopic (exact) mass is 355 g/mol. The van der Waals surface area contributed by atoms with Crippen LogP contribution in [0.1, 0.15) is 5.82 Å². The van der Waals surface area contributed by atoms with Crippen LogP contribution in [0.4, 0.5) is 23.1 Å². The summed E-state index contributed by atoms with van der Waals surface area (Å²) >= 11 is 0. The van der Waals surface area contributed by atoms with Gasteiger partial charge in [-0.25, -0.2) is 4.98 Å². The van der Waals surface area contributed by atoms with Gasteiger partial charge in [-0.1, -0.05) is 0 Å². The van der Waals surface area contributed by atoms with Gasteiger partial charge in [-0.2, -0.15) is 9.67 Å². The van der Waals surface area contributed by atoms with Crippen molar-refractivity contribution >= 4 is 23.1 Å². The average Bonchev–Trinajstić information content (AvgIpc) is 3.07. The van der Waals surface area contributed by atoms with Crippen molar-refractivity contribution in [3.63, 3.8) is 0 Å². The predicted molar refractivity (Wildman–Crippen MR) is 99.6 cm³/mol. The van der Waals surface area contributed by atoms with Gasteiger partial charge in [-0.3, -0.25) is 0 Å². The van der Waals surface area contributed by atoms with Crippen LogP contribution >= 0.6 is 0 Å². The maximum absolute atomic E-state index is 5.42. The van der Waals surface area contributed by atoms with Crippen LogP contribution < -0.4 is 20.3 Å². The molecule has 0 aliphatic heterocycles. The number of hydrogen-bond donors (Lipinski definition) is 2. The third-order valence-corrected chi connectivity index (χ3v) is 3.78. The summed E-state index contributed by atoms with van der Waals surface area (Å²) in [5.41, 5.74) is 2.41. The lowest BCUT2D eigenvalue weighted by molar-refractivity contribution is 0.411. The first-order valence-corrected chi connectivity index (χ1v) is 7.96. The van der Waals surface area contributed by atoms with Gasteiger partial charge in [0.2, 0.25) is 5.95 Å². The Morgan fingerprint density at radius 2 is 2.04 bits per heavy atom. The van der Waals surface area contributed by atoms with Crippen LogP contribution in [0.15, 0.2) is 24.4 Å². The first-order valence-electron chi connectivity index (χ1n) is 7.96. The van der Waals surface area contributed by atoms with E-state index in [4.69, 9.17) is 4.74 Å². The molecule has 0 atom stereocenters. The number of tetrazole rings is 1. The Morgan fingerprint density at radius 3 is 2.65 bits per heavy atom. The van der Waals surface area contributed by atoms with E-state index < -0.39 is 0 Å². The minimum atomic E-state index is 0.476. The molecule has 2 N–H and O–H groups in total. The smallest absolute Gasteiger partial charge is 0.229 e. The molecule has 2 heterocycles. The fourth-order valence-electron chi connectivity index (χ4n) is 2.46. The molecule has 3 rings (SSSR count). The summed E-state index contributed by atoms with van der Waals surface area (Å²) in [4.78, 5) is 10.8. The van der Waals surface area contributed by atoms with Crippen molar-refractivity contribution in [1.29, 1.82) is 0 Å². The van der Waals surface area contributed by atoms with Crippen LogP contribution in [0, 0.1) is 6.92 Å². The van der Waals surface area contributed by atoms with Gasteiger partial charge in [0.05, 0.1) is 19.0 Å². The largest absolute Gasteiger partial charge is 0.494 e. The van der Waals surface area contributed by atoms with E-state index in [0.717, 1.165) is 22.9 Å². The number of rotatable bonds is 6. The van der Waals surface area contributed by atoms with Crippen molar-refractivity contribution < 1.29 is 4.74 Å². The van der Waals surface area contributed by atoms with Crippen LogP contribution in [0.5, 0.6) is 5.75 Å². The highest BCUT2D eigenvalue weighted by atomic mass is 16.5. The lowest BCUT2D eigenvalue weighted by atomic mass is 10.2. The highest BCUT2D eigenvalue weighted by Gasteiger charge is 2.13. The third kappa shape index (κ3) is 3.34. The van der Waals surface area contributed by atoms with E-state index in [9.17, 15) is 0 Å². The Balaban J connectivity index is 1.95. The molecule has 0 bridgehead atoms. The first kappa shape index (κ1) is 17.4. The van der Waals surface area contributed by atoms with Crippen LogP contribution in [-0.2, 0) is 0 Å². The van der Waals surface area contributed by atoms with Gasteiger partial charge in [-0.15, -0.1) is 5.10 Å². The van der Waals surface area contributed by atoms with E-state index >= 15 is 0 Å². The van der Waals surface area contributed by atoms with Gasteiger partial charge in [0.15, 0.2) is 11.6 Å². The number of aromatic nitrogens is 6. The van der Waals surface area contributed by atoms with Crippen molar-refractivity contribution in [1.82, 2.24) is 30.2 Å². The molecule has 10 heteroatoms. The molecule has 1 aromatic carbocycles. The van der Waals surface area contributed by atoms with Crippen LogP contribution in [-0.4, -0.2) is 58.4 Å². The number of methoxy groups -OCH3 is 1. The van der Waals surface area contributed by atoms with E-state index in [1.165, 1.54) is 0 Å². The van der Waals surface area contributed by atoms with Crippen molar-refractivity contribution in [3.8, 4) is 11.4 Å². The van der Waals surface area contributed by atoms with Gasteiger partial charge in [-0.05, 0) is 35.5 Å². The topological polar surface area (TPSA) is 106 Å². The predicted octanol–water partition coefficient (Wildman–Crippen LogP) is 1.62. The number of anilines is 4. The fraction of sp³-hybridized carbons (Fsp3) is 0.312. The lowest BCUT2D eigenvalue weighted by Crippen LogP contribution is -2.13. The fourth-order valence-corrected chi connectivity index (χ4v) is 2.46. The van der Waals surface area contributed by atoms with Gasteiger partial charge in [0, 0.05) is 26.8 Å². The minimum Gasteiger partial charge on any atom is -0.494 e. The zero-order valence-corrected chi connectivity index (χ0v) is 15.3. The molecule has 0 amide bonds. The van der Waals surface area contributed by atoms with Gasteiger partial charge < -0.3 is 20.3 Å². The molecular formula is C16H21N9O. The molecule has 0 fully saturated rings. The second-order valence-electron chi connectivity index (χ2n) is 5.72. The van der Waals surface area contributed by atoms with Crippen molar-refractivity contribution in [2.75, 3.05) is 43.8 Å². The molecule has 0 saturated carbocycles. The second-order valence-corrected chi connectivity index (χ2v) is 5.72. The van der Waals surface area contributed by atoms with Gasteiger partial charge in [0.1, 0.15) is 11.4 Å². The third-order valence-electron chi connectivity index (χ3n) is 3.78. The Bertz CT molecular complexity index is 906. The average molecular weight is 355 g/mol. The number of hydrogen-bond acceptors (Lipinski definition) is 9. The van der Waals surface area contributed by atoms with Crippen molar-refractivity contribution in [2.24, 2.45) is 0 Å². The van der Waals surface area contributed by atoms with E-state index in [-0.39, 0.29) is 0 Å². The highest BCUT2D eigenvalue weighted by molar-refractivity contribution is 5.68. The molecule has 26 heavy (non-hydrogen) atoms. The number of benzene rings is 1. The second kappa shape index (κ2) is 7.21. The molecule has 2 aromatic heterocycles. The number of nitrogens with one attached hydrogen (secondary N) is 2. The summed E-state index contributed by atoms with van der Waals surface area (Å²) in [6.07, 6.45) is 1.76. The first-order chi connectivity index (χ1) is 12.5. The van der Waals surface area contributed by atoms with E-state index in [1.54, 1.807) is 18.0 Å². The van der Waals surface area contributed by atoms with Crippen molar-refractivity contribution in [3.05, 3.63) is 30.2 Å². The molecule has 0 aliphatic carbocycles. The zero-order valence-electron chi connectivity index (χ0n) is 15.3. The van der Waals surface area contributed by atoms with Crippen LogP contribution in [0.25, 0.3) is 5.69 Å². The van der Waals surface area contributed by atoms with Gasteiger partial charge in [0.25, 0.3) is 0 Å². The summed E-state index contributed by atoms with van der Waals surface area (Å²) in [7, 11) is 7.31. The minimum absolute atomic E-state index is 0.476. The molecule has 136 valence electrons. The van der Waals surface area contributed by atoms with Crippen molar-refractivity contribution in [2.45, 2.75) is 6.92 Å². The molecular weight excluding hydrogens is 334 g/mol. The number of nitrogens with zero attached hydrogens (tertiary/aromatic N) is 7. The quantitative estimate of drug-likeness (QED) is 0.682. The maximum atomic E-state index is 5.42. The molecule has 3 aromatic rings. The normalized spacial score (nSPS) is 10.5. The SMILES string of the molecule is CNc1nc(Nc2ccc(OC)c(-n3nnnc3C)c2)ncc1N(C)C. The summed E-state index contributed by atoms with van der Waals surface area (Å²) in [6.45, 7) is 1.82. The number of aryl methyl sites for hydroxylation is 1. The summed E-state index contributed by atoms with van der Waals surface area (Å²) < 4.78 is 7.03. The maximum Gasteiger partial charge on any atom is 0.229 e. The van der Waals surface area contributed by atoms with E-state index in [0.29, 0.717) is 17.5 Å². The molecule has 10 nitrogen and oxygen atoms in total. The Morgan fingerprint density at radius 1 is 1.23 bits per heavy atom. The molecule has 0 radical (unpaired) electrons. The zero-order chi connectivity index (χ0) is 18.7. The molecule has 0 aliphatic rings. The summed E-state index contributed by atoms with van der Waals surface area (Å²) in [5, 5.41) is 17.9. The lowest BCUT2D eigenvalue weighted by Gasteiger charge is -2.17. The van der Waals surface area contributed by atoms with E-state index in [2.05, 4.69) is 36.1 Å². The molecule has 0 saturated heterocycles. The van der Waals surface area contributed by atoms with E-state index in [1.807, 2.05) is 51.2 Å². The summed E-state index contributed by atoms with van der Waals surface area (Å²) in [6, 6.07) is 5.60. The number of ether oxygens (including phenoxy) is 1. The molecule has 0 unspecified atom stereocenters. The Hall–Kier alpha value is -3.43. The molecule has 0 spiro atoms.